The van der Waals surface area contributed by atoms with Crippen LogP contribution in [-0.4, -0.2) is 11.8 Å². The van der Waals surface area contributed by atoms with Crippen molar-refractivity contribution in [2.24, 2.45) is 0 Å². The lowest BCUT2D eigenvalue weighted by Crippen LogP contribution is -2.33. The molecule has 0 aromatic heterocycles. The average Bonchev–Trinajstić information content (AvgIpc) is 2.47. The van der Waals surface area contributed by atoms with Crippen molar-refractivity contribution in [2.45, 2.75) is 24.5 Å². The van der Waals surface area contributed by atoms with Crippen LogP contribution in [-0.2, 0) is 15.3 Å². The second kappa shape index (κ2) is 7.09. The molecule has 2 rings (SSSR count). The van der Waals surface area contributed by atoms with Crippen molar-refractivity contribution in [3.8, 4) is 0 Å². The number of amides is 2. The van der Waals surface area contributed by atoms with Crippen LogP contribution >= 0.6 is 11.8 Å². The Morgan fingerprint density at radius 2 is 1.48 bits per heavy atom. The van der Waals surface area contributed by atoms with Crippen LogP contribution in [0.25, 0.3) is 0 Å². The Kier molecular flexibility index (Phi) is 5.17. The second-order valence-corrected chi connectivity index (χ2v) is 5.65. The topological polar surface area (TPSA) is 37.4 Å². The van der Waals surface area contributed by atoms with Gasteiger partial charge >= 0.3 is 0 Å². The zero-order chi connectivity index (χ0) is 15.2. The zero-order valence-corrected chi connectivity index (χ0v) is 12.9. The number of benzene rings is 2. The van der Waals surface area contributed by atoms with Crippen LogP contribution in [0.5, 0.6) is 0 Å². The van der Waals surface area contributed by atoms with Gasteiger partial charge in [-0.25, -0.2) is 0 Å². The molecule has 0 radical (unpaired) electrons. The monoisotopic (exact) mass is 299 g/mol. The quantitative estimate of drug-likeness (QED) is 0.804. The maximum atomic E-state index is 11.7. The van der Waals surface area contributed by atoms with Crippen LogP contribution in [0.1, 0.15) is 19.4 Å². The van der Waals surface area contributed by atoms with Crippen molar-refractivity contribution < 1.29 is 9.59 Å². The molecular weight excluding hydrogens is 282 g/mol. The van der Waals surface area contributed by atoms with E-state index in [1.54, 1.807) is 11.8 Å². The van der Waals surface area contributed by atoms with Gasteiger partial charge in [0.15, 0.2) is 0 Å². The van der Waals surface area contributed by atoms with E-state index in [1.807, 2.05) is 54.6 Å². The molecule has 0 unspecified atom stereocenters. The van der Waals surface area contributed by atoms with Crippen LogP contribution < -0.4 is 4.90 Å². The molecule has 0 aliphatic rings. The number of rotatable bonds is 4. The Hall–Kier alpha value is -2.07. The maximum absolute atomic E-state index is 11.7. The first kappa shape index (κ1) is 15.3. The molecule has 0 aliphatic heterocycles. The van der Waals surface area contributed by atoms with E-state index in [-0.39, 0.29) is 11.8 Å². The van der Waals surface area contributed by atoms with Crippen LogP contribution in [0, 0.1) is 0 Å². The highest BCUT2D eigenvalue weighted by molar-refractivity contribution is 7.98. The van der Waals surface area contributed by atoms with Crippen molar-refractivity contribution in [3.63, 3.8) is 0 Å². The van der Waals surface area contributed by atoms with E-state index in [2.05, 4.69) is 0 Å². The summed E-state index contributed by atoms with van der Waals surface area (Å²) in [5, 5.41) is 0. The fraction of sp³-hybridized carbons (Fsp3) is 0.176. The molecule has 0 saturated carbocycles. The number of anilines is 1. The van der Waals surface area contributed by atoms with Crippen molar-refractivity contribution in [3.05, 3.63) is 60.2 Å². The molecule has 21 heavy (non-hydrogen) atoms. The van der Waals surface area contributed by atoms with Gasteiger partial charge in [-0.3, -0.25) is 14.5 Å². The highest BCUT2D eigenvalue weighted by Crippen LogP contribution is 2.28. The summed E-state index contributed by atoms with van der Waals surface area (Å²) in [6.45, 7) is 2.81. The first-order chi connectivity index (χ1) is 10.1. The minimum atomic E-state index is -0.264. The Morgan fingerprint density at radius 1 is 0.905 bits per heavy atom. The van der Waals surface area contributed by atoms with Crippen molar-refractivity contribution in [1.29, 1.82) is 0 Å². The summed E-state index contributed by atoms with van der Waals surface area (Å²) < 4.78 is 0. The number of hydrogen-bond acceptors (Lipinski definition) is 3. The minimum absolute atomic E-state index is 0.264. The largest absolute Gasteiger partial charge is 0.274 e. The normalized spacial score (nSPS) is 10.2. The molecule has 0 heterocycles. The number of thioether (sulfide) groups is 1. The number of carbonyl (C=O) groups excluding carboxylic acids is 2. The highest BCUT2D eigenvalue weighted by Gasteiger charge is 2.18. The third-order valence-electron chi connectivity index (χ3n) is 3.00. The first-order valence-corrected chi connectivity index (χ1v) is 7.65. The zero-order valence-electron chi connectivity index (χ0n) is 12.1. The number of nitrogens with zero attached hydrogens (tertiary/aromatic N) is 1. The van der Waals surface area contributed by atoms with E-state index in [0.717, 1.165) is 10.5 Å². The molecule has 108 valence electrons. The molecule has 0 N–H and O–H groups in total. The predicted octanol–water partition coefficient (Wildman–Crippen LogP) is 3.88. The molecule has 3 nitrogen and oxygen atoms in total. The molecule has 0 spiro atoms. The Balaban J connectivity index is 2.24. The smallest absolute Gasteiger partial charge is 0.230 e. The van der Waals surface area contributed by atoms with Gasteiger partial charge in [-0.05, 0) is 23.8 Å². The lowest BCUT2D eigenvalue weighted by molar-refractivity contribution is -0.124. The van der Waals surface area contributed by atoms with Crippen LogP contribution in [0.4, 0.5) is 5.69 Å². The summed E-state index contributed by atoms with van der Waals surface area (Å²) in [6, 6.07) is 17.6. The number of imide groups is 1. The van der Waals surface area contributed by atoms with E-state index in [9.17, 15) is 9.59 Å². The predicted molar refractivity (Wildman–Crippen MR) is 86.3 cm³/mol. The molecule has 0 saturated heterocycles. The third kappa shape index (κ3) is 3.95. The van der Waals surface area contributed by atoms with Gasteiger partial charge in [-0.2, -0.15) is 0 Å². The standard InChI is InChI=1S/C17H17NO2S/c1-13(19)18(14(2)20)17-11-7-6-8-15(17)12-21-16-9-4-3-5-10-16/h3-11H,12H2,1-2H3. The van der Waals surface area contributed by atoms with Gasteiger partial charge in [-0.1, -0.05) is 36.4 Å². The summed E-state index contributed by atoms with van der Waals surface area (Å²) in [5.41, 5.74) is 1.64. The van der Waals surface area contributed by atoms with Crippen molar-refractivity contribution in [1.82, 2.24) is 0 Å². The first-order valence-electron chi connectivity index (χ1n) is 6.66. The van der Waals surface area contributed by atoms with Gasteiger partial charge in [-0.15, -0.1) is 11.8 Å². The molecule has 0 atom stereocenters. The molecule has 4 heteroatoms. The van der Waals surface area contributed by atoms with Crippen LogP contribution in [0.2, 0.25) is 0 Å². The van der Waals surface area contributed by atoms with Crippen molar-refractivity contribution >= 4 is 29.3 Å². The van der Waals surface area contributed by atoms with E-state index >= 15 is 0 Å². The van der Waals surface area contributed by atoms with Gasteiger partial charge in [0.05, 0.1) is 5.69 Å². The fourth-order valence-electron chi connectivity index (χ4n) is 2.09. The second-order valence-electron chi connectivity index (χ2n) is 4.60. The summed E-state index contributed by atoms with van der Waals surface area (Å²) in [7, 11) is 0. The molecule has 0 fully saturated rings. The van der Waals surface area contributed by atoms with E-state index in [4.69, 9.17) is 0 Å². The Bertz CT molecular complexity index is 626. The van der Waals surface area contributed by atoms with E-state index < -0.39 is 0 Å². The molecule has 2 aromatic rings. The van der Waals surface area contributed by atoms with Gasteiger partial charge in [0.2, 0.25) is 11.8 Å². The fourth-order valence-corrected chi connectivity index (χ4v) is 3.01. The number of carbonyl (C=O) groups is 2. The highest BCUT2D eigenvalue weighted by atomic mass is 32.2. The minimum Gasteiger partial charge on any atom is -0.274 e. The number of hydrogen-bond donors (Lipinski definition) is 0. The molecule has 2 aromatic carbocycles. The van der Waals surface area contributed by atoms with Crippen LogP contribution in [0.3, 0.4) is 0 Å². The average molecular weight is 299 g/mol. The van der Waals surface area contributed by atoms with Gasteiger partial charge in [0, 0.05) is 24.5 Å². The lowest BCUT2D eigenvalue weighted by Gasteiger charge is -2.20. The summed E-state index contributed by atoms with van der Waals surface area (Å²) >= 11 is 1.68. The SMILES string of the molecule is CC(=O)N(C(C)=O)c1ccccc1CSc1ccccc1. The molecule has 0 aliphatic carbocycles. The van der Waals surface area contributed by atoms with Gasteiger partial charge < -0.3 is 0 Å². The molecular formula is C17H17NO2S. The van der Waals surface area contributed by atoms with E-state index in [1.165, 1.54) is 18.7 Å². The third-order valence-corrected chi connectivity index (χ3v) is 4.06. The summed E-state index contributed by atoms with van der Waals surface area (Å²) in [4.78, 5) is 25.8. The van der Waals surface area contributed by atoms with Gasteiger partial charge in [0.25, 0.3) is 0 Å². The lowest BCUT2D eigenvalue weighted by atomic mass is 10.2. The molecule has 0 bridgehead atoms. The summed E-state index contributed by atoms with van der Waals surface area (Å²) in [6.07, 6.45) is 0. The summed E-state index contributed by atoms with van der Waals surface area (Å²) in [5.74, 6) is 0.177. The maximum Gasteiger partial charge on any atom is 0.230 e. The Labute approximate surface area is 129 Å². The Morgan fingerprint density at radius 3 is 2.10 bits per heavy atom. The van der Waals surface area contributed by atoms with Gasteiger partial charge in [0.1, 0.15) is 0 Å². The van der Waals surface area contributed by atoms with Crippen LogP contribution in [0.15, 0.2) is 59.5 Å². The van der Waals surface area contributed by atoms with Crippen molar-refractivity contribution in [2.75, 3.05) is 4.90 Å². The molecule has 2 amide bonds. The van der Waals surface area contributed by atoms with E-state index in [0.29, 0.717) is 11.4 Å². The number of para-hydroxylation sites is 1.